The molecule has 2 fully saturated rings. The molecule has 0 spiro atoms. The number of carboxylic acid groups (broad SMARTS) is 1. The SMILES string of the molecule is O=C([O-])CC(=O)OCC1OC(OC2Cc3c(OC4OC(CO)C(O)C(O)C4O)cc(O)cc3[OH+]C2c2ccc(O)cc2)C(O)C(O)C1O. The molecule has 0 saturated carbocycles. The number of fused-ring (bicyclic) bond motifs is 1. The van der Waals surface area contributed by atoms with E-state index in [-0.39, 0.29) is 35.0 Å². The molecule has 12 atom stereocenters. The van der Waals surface area contributed by atoms with Crippen LogP contribution >= 0.6 is 0 Å². The van der Waals surface area contributed by atoms with Gasteiger partial charge in [0.25, 0.3) is 5.75 Å². The van der Waals surface area contributed by atoms with E-state index in [1.807, 2.05) is 0 Å². The summed E-state index contributed by atoms with van der Waals surface area (Å²) >= 11 is 0. The molecular formula is C30H36O18. The van der Waals surface area contributed by atoms with Gasteiger partial charge in [-0.2, -0.15) is 0 Å². The maximum atomic E-state index is 11.7. The van der Waals surface area contributed by atoms with Crippen LogP contribution in [0.25, 0.3) is 0 Å². The van der Waals surface area contributed by atoms with Crippen LogP contribution in [-0.2, 0) is 35.0 Å². The first-order valence-electron chi connectivity index (χ1n) is 14.8. The molecule has 264 valence electrons. The monoisotopic (exact) mass is 684 g/mol. The normalized spacial score (nSPS) is 34.8. The Bertz CT molecular complexity index is 1430. The molecule has 3 heterocycles. The Morgan fingerprint density at radius 3 is 2.10 bits per heavy atom. The van der Waals surface area contributed by atoms with Gasteiger partial charge in [0.2, 0.25) is 12.4 Å². The third kappa shape index (κ3) is 7.57. The molecule has 10 N–H and O–H groups in total. The van der Waals surface area contributed by atoms with Gasteiger partial charge in [-0.1, -0.05) is 0 Å². The van der Waals surface area contributed by atoms with E-state index in [1.165, 1.54) is 30.3 Å². The van der Waals surface area contributed by atoms with E-state index in [0.717, 1.165) is 6.07 Å². The van der Waals surface area contributed by atoms with Gasteiger partial charge in [0.15, 0.2) is 12.4 Å². The summed E-state index contributed by atoms with van der Waals surface area (Å²) in [6, 6.07) is 8.32. The molecule has 3 aliphatic heterocycles. The number of aliphatic hydroxyl groups excluding tert-OH is 7. The van der Waals surface area contributed by atoms with Gasteiger partial charge < -0.3 is 84.3 Å². The Labute approximate surface area is 271 Å². The molecule has 2 saturated heterocycles. The van der Waals surface area contributed by atoms with Crippen molar-refractivity contribution in [3.8, 4) is 23.0 Å². The van der Waals surface area contributed by atoms with Crippen LogP contribution in [0.15, 0.2) is 36.4 Å². The average molecular weight is 685 g/mol. The van der Waals surface area contributed by atoms with Gasteiger partial charge >= 0.3 is 5.97 Å². The summed E-state index contributed by atoms with van der Waals surface area (Å²) in [5.74, 6) is -3.19. The number of carbonyl (C=O) groups excluding carboxylic acids is 2. The second-order valence-corrected chi connectivity index (χ2v) is 11.5. The molecular weight excluding hydrogens is 648 g/mol. The standard InChI is InChI=1S/C30H36O18/c31-9-18-22(37)24(39)26(41)29(47-18)45-16-6-13(33)5-15-14(16)7-17(28(44-15)11-1-3-12(32)4-2-11)46-30-27(42)25(40)23(38)19(48-30)10-43-21(36)8-20(34)35/h1-6,17-19,22-33,37-42H,7-10H2,(H,34,35). The second-order valence-electron chi connectivity index (χ2n) is 11.5. The minimum absolute atomic E-state index is 0.0560. The Hall–Kier alpha value is -3.82. The van der Waals surface area contributed by atoms with E-state index in [1.54, 1.807) is 0 Å². The van der Waals surface area contributed by atoms with Crippen LogP contribution in [-0.4, -0.2) is 143 Å². The minimum atomic E-state index is -1.87. The summed E-state index contributed by atoms with van der Waals surface area (Å²) in [5, 5.41) is 103. The van der Waals surface area contributed by atoms with Crippen LogP contribution in [0.3, 0.4) is 0 Å². The fourth-order valence-corrected chi connectivity index (χ4v) is 5.64. The molecule has 0 aliphatic carbocycles. The molecule has 48 heavy (non-hydrogen) atoms. The summed E-state index contributed by atoms with van der Waals surface area (Å²) in [5.41, 5.74) is 0.755. The zero-order valence-corrected chi connectivity index (χ0v) is 25.0. The molecule has 12 unspecified atom stereocenters. The molecule has 5 rings (SSSR count). The van der Waals surface area contributed by atoms with Crippen molar-refractivity contribution in [1.29, 1.82) is 0 Å². The molecule has 3 aliphatic rings. The Morgan fingerprint density at radius 1 is 0.833 bits per heavy atom. The first-order chi connectivity index (χ1) is 22.8. The molecule has 18 heteroatoms. The number of rotatable bonds is 10. The predicted molar refractivity (Wildman–Crippen MR) is 151 cm³/mol. The van der Waals surface area contributed by atoms with Crippen LogP contribution in [0, 0.1) is 0 Å². The van der Waals surface area contributed by atoms with Crippen LogP contribution in [0.2, 0.25) is 0 Å². The highest BCUT2D eigenvalue weighted by molar-refractivity contribution is 5.89. The number of carbonyl (C=O) groups is 2. The van der Waals surface area contributed by atoms with Gasteiger partial charge in [-0.25, -0.2) is 0 Å². The third-order valence-electron chi connectivity index (χ3n) is 8.21. The van der Waals surface area contributed by atoms with E-state index in [9.17, 15) is 60.7 Å². The molecule has 2 aromatic rings. The number of phenolic OH excluding ortho intramolecular Hbond substituents is 2. The number of aromatic hydroxyl groups is 3. The lowest BCUT2D eigenvalue weighted by molar-refractivity contribution is -0.323. The molecule has 0 radical (unpaired) electrons. The topological polar surface area (TPSA) is 298 Å². The predicted octanol–water partition coefficient (Wildman–Crippen LogP) is -4.31. The first kappa shape index (κ1) is 35.5. The fraction of sp³-hybridized carbons (Fsp3) is 0.533. The van der Waals surface area contributed by atoms with Gasteiger partial charge in [0.1, 0.15) is 72.7 Å². The molecule has 18 nitrogen and oxygen atoms in total. The summed E-state index contributed by atoms with van der Waals surface area (Å²) in [6.07, 6.45) is -19.9. The maximum Gasteiger partial charge on any atom is 0.311 e. The Balaban J connectivity index is 1.43. The van der Waals surface area contributed by atoms with E-state index in [4.69, 9.17) is 23.7 Å². The summed E-state index contributed by atoms with van der Waals surface area (Å²) in [7, 11) is 0. The van der Waals surface area contributed by atoms with E-state index in [0.29, 0.717) is 5.56 Å². The van der Waals surface area contributed by atoms with Crippen molar-refractivity contribution in [2.45, 2.75) is 86.5 Å². The molecule has 0 bridgehead atoms. The molecule has 0 aromatic heterocycles. The highest BCUT2D eigenvalue weighted by Crippen LogP contribution is 2.46. The number of benzene rings is 2. The van der Waals surface area contributed by atoms with Gasteiger partial charge in [-0.3, -0.25) is 4.79 Å². The minimum Gasteiger partial charge on any atom is -0.575 e. The van der Waals surface area contributed by atoms with E-state index < -0.39 is 105 Å². The highest BCUT2D eigenvalue weighted by atomic mass is 16.7. The number of phenols is 2. The van der Waals surface area contributed by atoms with Crippen molar-refractivity contribution >= 4 is 11.9 Å². The van der Waals surface area contributed by atoms with Gasteiger partial charge in [0.05, 0.1) is 30.6 Å². The Kier molecular flexibility index (Phi) is 10.9. The number of esters is 1. The highest BCUT2D eigenvalue weighted by Gasteiger charge is 2.49. The van der Waals surface area contributed by atoms with Crippen LogP contribution in [0.1, 0.15) is 23.7 Å². The zero-order valence-electron chi connectivity index (χ0n) is 25.0. The summed E-state index contributed by atoms with van der Waals surface area (Å²) in [4.78, 5) is 22.4. The summed E-state index contributed by atoms with van der Waals surface area (Å²) < 4.78 is 32.6. The lowest BCUT2D eigenvalue weighted by Gasteiger charge is -2.42. The van der Waals surface area contributed by atoms with E-state index >= 15 is 0 Å². The average Bonchev–Trinajstić information content (AvgIpc) is 3.04. The number of aliphatic carboxylic acids is 1. The lowest BCUT2D eigenvalue weighted by Crippen LogP contribution is -2.60. The summed E-state index contributed by atoms with van der Waals surface area (Å²) in [6.45, 7) is -1.43. The number of hydrogen-bond donors (Lipinski definition) is 9. The lowest BCUT2D eigenvalue weighted by atomic mass is 9.93. The first-order valence-corrected chi connectivity index (χ1v) is 14.8. The fourth-order valence-electron chi connectivity index (χ4n) is 5.64. The number of hydrogen-bond acceptors (Lipinski definition) is 17. The maximum absolute atomic E-state index is 11.7. The van der Waals surface area contributed by atoms with Crippen molar-refractivity contribution in [1.82, 2.24) is 0 Å². The number of carboxylic acids is 1. The van der Waals surface area contributed by atoms with Gasteiger partial charge in [-0.05, 0) is 24.3 Å². The van der Waals surface area contributed by atoms with Crippen molar-refractivity contribution in [2.75, 3.05) is 13.2 Å². The van der Waals surface area contributed by atoms with Crippen LogP contribution < -0.4 is 9.84 Å². The van der Waals surface area contributed by atoms with Crippen LogP contribution in [0.4, 0.5) is 0 Å². The number of aliphatic hydroxyl groups is 8. The second kappa shape index (κ2) is 14.7. The third-order valence-corrected chi connectivity index (χ3v) is 8.21. The van der Waals surface area contributed by atoms with Gasteiger partial charge in [0, 0.05) is 18.1 Å². The van der Waals surface area contributed by atoms with Crippen molar-refractivity contribution < 1.29 is 89.1 Å². The van der Waals surface area contributed by atoms with Crippen molar-refractivity contribution in [3.05, 3.63) is 47.5 Å². The molecule has 2 aromatic carbocycles. The Morgan fingerprint density at radius 2 is 1.46 bits per heavy atom. The van der Waals surface area contributed by atoms with E-state index in [2.05, 4.69) is 4.74 Å². The van der Waals surface area contributed by atoms with Crippen LogP contribution in [0.5, 0.6) is 23.0 Å². The molecule has 0 amide bonds. The van der Waals surface area contributed by atoms with Crippen molar-refractivity contribution in [3.63, 3.8) is 0 Å². The largest absolute Gasteiger partial charge is 0.575 e. The quantitative estimate of drug-likeness (QED) is 0.0649. The zero-order chi connectivity index (χ0) is 34.9. The van der Waals surface area contributed by atoms with Crippen molar-refractivity contribution in [2.24, 2.45) is 0 Å². The van der Waals surface area contributed by atoms with Gasteiger partial charge in [-0.15, -0.1) is 0 Å². The number of ether oxygens (including phenoxy) is 6. The smallest absolute Gasteiger partial charge is 0.311 e.